The normalized spacial score (nSPS) is 11.1. The molecule has 0 amide bonds. The lowest BCUT2D eigenvalue weighted by molar-refractivity contribution is 0.476. The number of aromatic amines is 1. The van der Waals surface area contributed by atoms with E-state index in [4.69, 9.17) is 11.6 Å². The number of hydrogen-bond donors (Lipinski definition) is 2. The summed E-state index contributed by atoms with van der Waals surface area (Å²) in [4.78, 5) is 15.3. The highest BCUT2D eigenvalue weighted by Gasteiger charge is 2.06. The van der Waals surface area contributed by atoms with Crippen LogP contribution >= 0.6 is 11.6 Å². The van der Waals surface area contributed by atoms with Crippen LogP contribution in [0.5, 0.6) is 5.75 Å². The predicted octanol–water partition coefficient (Wildman–Crippen LogP) is 3.04. The lowest BCUT2D eigenvalue weighted by Gasteiger charge is -2.03. The van der Waals surface area contributed by atoms with Crippen LogP contribution in [-0.4, -0.2) is 10.1 Å². The molecule has 2 aromatic carbocycles. The standard InChI is InChI=1S/C13H8ClNO2/c14-7-1-3-9-11(5-7)15-12-6-8(16)2-4-10(12)13(9)17/h1-6,16H,(H,15,17). The van der Waals surface area contributed by atoms with Gasteiger partial charge in [0.15, 0.2) is 5.43 Å². The number of phenolic OH excluding ortho intramolecular Hbond substituents is 1. The number of benzene rings is 2. The number of halogens is 1. The van der Waals surface area contributed by atoms with Gasteiger partial charge in [-0.25, -0.2) is 0 Å². The molecule has 3 nitrogen and oxygen atoms in total. The van der Waals surface area contributed by atoms with Gasteiger partial charge in [0, 0.05) is 21.9 Å². The maximum Gasteiger partial charge on any atom is 0.197 e. The van der Waals surface area contributed by atoms with Crippen molar-refractivity contribution in [3.05, 3.63) is 51.6 Å². The maximum atomic E-state index is 12.2. The minimum atomic E-state index is -0.0644. The highest BCUT2D eigenvalue weighted by Crippen LogP contribution is 2.21. The third kappa shape index (κ3) is 1.56. The first-order chi connectivity index (χ1) is 8.15. The Labute approximate surface area is 101 Å². The number of aromatic hydroxyl groups is 1. The van der Waals surface area contributed by atoms with E-state index in [9.17, 15) is 9.90 Å². The number of phenols is 1. The summed E-state index contributed by atoms with van der Waals surface area (Å²) in [7, 11) is 0. The van der Waals surface area contributed by atoms with Crippen LogP contribution in [0.3, 0.4) is 0 Å². The monoisotopic (exact) mass is 245 g/mol. The topological polar surface area (TPSA) is 53.1 Å². The van der Waals surface area contributed by atoms with E-state index in [2.05, 4.69) is 4.98 Å². The summed E-state index contributed by atoms with van der Waals surface area (Å²) in [5.74, 6) is 0.120. The van der Waals surface area contributed by atoms with E-state index in [1.807, 2.05) is 0 Å². The summed E-state index contributed by atoms with van der Waals surface area (Å²) >= 11 is 5.88. The molecule has 0 spiro atoms. The third-order valence-electron chi connectivity index (χ3n) is 2.74. The second-order valence-corrected chi connectivity index (χ2v) is 4.31. The Morgan fingerprint density at radius 2 is 1.65 bits per heavy atom. The SMILES string of the molecule is O=c1c2ccc(O)cc2[nH]c2cc(Cl)ccc12. The van der Waals surface area contributed by atoms with E-state index in [0.717, 1.165) is 0 Å². The zero-order chi connectivity index (χ0) is 12.0. The number of fused-ring (bicyclic) bond motifs is 2. The van der Waals surface area contributed by atoms with E-state index >= 15 is 0 Å². The summed E-state index contributed by atoms with van der Waals surface area (Å²) in [6.45, 7) is 0. The van der Waals surface area contributed by atoms with E-state index in [0.29, 0.717) is 26.8 Å². The van der Waals surface area contributed by atoms with E-state index in [1.165, 1.54) is 12.1 Å². The van der Waals surface area contributed by atoms with Crippen molar-refractivity contribution >= 4 is 33.4 Å². The van der Waals surface area contributed by atoms with Gasteiger partial charge in [-0.1, -0.05) is 11.6 Å². The van der Waals surface area contributed by atoms with Crippen molar-refractivity contribution in [2.45, 2.75) is 0 Å². The van der Waals surface area contributed by atoms with Gasteiger partial charge in [0.1, 0.15) is 5.75 Å². The van der Waals surface area contributed by atoms with E-state index < -0.39 is 0 Å². The molecule has 2 N–H and O–H groups in total. The Hall–Kier alpha value is -2.00. The molecule has 0 bridgehead atoms. The molecule has 0 saturated carbocycles. The van der Waals surface area contributed by atoms with Gasteiger partial charge in [-0.3, -0.25) is 4.79 Å². The smallest absolute Gasteiger partial charge is 0.197 e. The Kier molecular flexibility index (Phi) is 2.09. The zero-order valence-electron chi connectivity index (χ0n) is 8.70. The number of H-pyrrole nitrogens is 1. The summed E-state index contributed by atoms with van der Waals surface area (Å²) in [5, 5.41) is 11.1. The van der Waals surface area contributed by atoms with E-state index in [-0.39, 0.29) is 11.2 Å². The molecule has 0 saturated heterocycles. The number of hydrogen-bond acceptors (Lipinski definition) is 2. The van der Waals surface area contributed by atoms with Gasteiger partial charge in [0.25, 0.3) is 0 Å². The van der Waals surface area contributed by atoms with Gasteiger partial charge in [-0.15, -0.1) is 0 Å². The Morgan fingerprint density at radius 1 is 1.00 bits per heavy atom. The van der Waals surface area contributed by atoms with Crippen molar-refractivity contribution < 1.29 is 5.11 Å². The van der Waals surface area contributed by atoms with Gasteiger partial charge >= 0.3 is 0 Å². The fourth-order valence-corrected chi connectivity index (χ4v) is 2.11. The van der Waals surface area contributed by atoms with E-state index in [1.54, 1.807) is 24.3 Å². The van der Waals surface area contributed by atoms with Gasteiger partial charge < -0.3 is 10.1 Å². The number of pyridine rings is 1. The second-order valence-electron chi connectivity index (χ2n) is 3.87. The molecule has 4 heteroatoms. The van der Waals surface area contributed by atoms with Crippen LogP contribution in [0.4, 0.5) is 0 Å². The maximum absolute atomic E-state index is 12.2. The van der Waals surface area contributed by atoms with Crippen LogP contribution < -0.4 is 5.43 Å². The van der Waals surface area contributed by atoms with Gasteiger partial charge in [0.05, 0.1) is 11.0 Å². The minimum absolute atomic E-state index is 0.0644. The quantitative estimate of drug-likeness (QED) is 0.598. The van der Waals surface area contributed by atoms with Crippen molar-refractivity contribution in [3.63, 3.8) is 0 Å². The number of rotatable bonds is 0. The average molecular weight is 246 g/mol. The molecule has 0 aliphatic heterocycles. The lowest BCUT2D eigenvalue weighted by atomic mass is 10.1. The molecule has 0 fully saturated rings. The highest BCUT2D eigenvalue weighted by atomic mass is 35.5. The van der Waals surface area contributed by atoms with Crippen LogP contribution in [-0.2, 0) is 0 Å². The van der Waals surface area contributed by atoms with Crippen molar-refractivity contribution in [2.24, 2.45) is 0 Å². The molecule has 0 aliphatic carbocycles. The highest BCUT2D eigenvalue weighted by molar-refractivity contribution is 6.31. The van der Waals surface area contributed by atoms with Crippen molar-refractivity contribution in [1.82, 2.24) is 4.98 Å². The zero-order valence-corrected chi connectivity index (χ0v) is 9.45. The average Bonchev–Trinajstić information content (AvgIpc) is 2.28. The first kappa shape index (κ1) is 10.2. The molecule has 17 heavy (non-hydrogen) atoms. The summed E-state index contributed by atoms with van der Waals surface area (Å²) in [5.41, 5.74) is 1.20. The van der Waals surface area contributed by atoms with Crippen LogP contribution in [0.25, 0.3) is 21.8 Å². The molecule has 0 unspecified atom stereocenters. The van der Waals surface area contributed by atoms with Crippen molar-refractivity contribution in [3.8, 4) is 5.75 Å². The fraction of sp³-hybridized carbons (Fsp3) is 0. The minimum Gasteiger partial charge on any atom is -0.508 e. The molecular weight excluding hydrogens is 238 g/mol. The first-order valence-corrected chi connectivity index (χ1v) is 5.47. The number of aromatic nitrogens is 1. The first-order valence-electron chi connectivity index (χ1n) is 5.09. The molecule has 1 aromatic heterocycles. The van der Waals surface area contributed by atoms with Crippen LogP contribution in [0.2, 0.25) is 5.02 Å². The van der Waals surface area contributed by atoms with Gasteiger partial charge in [-0.2, -0.15) is 0 Å². The van der Waals surface area contributed by atoms with Crippen molar-refractivity contribution in [2.75, 3.05) is 0 Å². The predicted molar refractivity (Wildman–Crippen MR) is 68.7 cm³/mol. The summed E-state index contributed by atoms with van der Waals surface area (Å²) in [6, 6.07) is 9.71. The van der Waals surface area contributed by atoms with Gasteiger partial charge in [-0.05, 0) is 30.3 Å². The number of nitrogens with one attached hydrogen (secondary N) is 1. The molecule has 0 aliphatic rings. The molecule has 3 rings (SSSR count). The molecule has 3 aromatic rings. The largest absolute Gasteiger partial charge is 0.508 e. The fourth-order valence-electron chi connectivity index (χ4n) is 1.94. The third-order valence-corrected chi connectivity index (χ3v) is 2.98. The molecule has 0 radical (unpaired) electrons. The Bertz CT molecular complexity index is 729. The van der Waals surface area contributed by atoms with Crippen LogP contribution in [0.1, 0.15) is 0 Å². The Balaban J connectivity index is 2.57. The van der Waals surface area contributed by atoms with Crippen LogP contribution in [0, 0.1) is 0 Å². The summed E-state index contributed by atoms with van der Waals surface area (Å²) in [6.07, 6.45) is 0. The lowest BCUT2D eigenvalue weighted by Crippen LogP contribution is -2.03. The van der Waals surface area contributed by atoms with Gasteiger partial charge in [0.2, 0.25) is 0 Å². The second kappa shape index (κ2) is 3.50. The van der Waals surface area contributed by atoms with Crippen LogP contribution in [0.15, 0.2) is 41.2 Å². The molecule has 84 valence electrons. The summed E-state index contributed by atoms with van der Waals surface area (Å²) < 4.78 is 0. The Morgan fingerprint density at radius 3 is 2.41 bits per heavy atom. The molecule has 1 heterocycles. The molecular formula is C13H8ClNO2. The molecule has 0 atom stereocenters. The van der Waals surface area contributed by atoms with Crippen molar-refractivity contribution in [1.29, 1.82) is 0 Å².